The first-order valence-corrected chi connectivity index (χ1v) is 13.5. The Kier molecular flexibility index (Phi) is 6.68. The molecule has 0 unspecified atom stereocenters. The summed E-state index contributed by atoms with van der Waals surface area (Å²) in [5, 5.41) is 0. The van der Waals surface area contributed by atoms with Gasteiger partial charge in [-0.25, -0.2) is 0 Å². The minimum absolute atomic E-state index is 0.0933. The van der Waals surface area contributed by atoms with E-state index in [4.69, 9.17) is 4.74 Å². The van der Waals surface area contributed by atoms with Crippen LogP contribution >= 0.6 is 0 Å². The summed E-state index contributed by atoms with van der Waals surface area (Å²) in [6.07, 6.45) is 18.5. The lowest BCUT2D eigenvalue weighted by Crippen LogP contribution is -2.54. The maximum absolute atomic E-state index is 11.5. The van der Waals surface area contributed by atoms with Crippen molar-refractivity contribution < 1.29 is 9.53 Å². The summed E-state index contributed by atoms with van der Waals surface area (Å²) < 4.78 is 5.65. The molecule has 4 aliphatic carbocycles. The summed E-state index contributed by atoms with van der Waals surface area (Å²) >= 11 is 0. The van der Waals surface area contributed by atoms with Crippen molar-refractivity contribution in [3.8, 4) is 0 Å². The zero-order valence-corrected chi connectivity index (χ0v) is 21.2. The molecular weight excluding hydrogens is 380 g/mol. The normalized spacial score (nSPS) is 46.6. The first-order valence-electron chi connectivity index (χ1n) is 13.5. The fourth-order valence-corrected chi connectivity index (χ4v) is 9.10. The Morgan fingerprint density at radius 2 is 1.68 bits per heavy atom. The topological polar surface area (TPSA) is 26.3 Å². The monoisotopic (exact) mass is 428 g/mol. The van der Waals surface area contributed by atoms with Crippen molar-refractivity contribution in [1.82, 2.24) is 0 Å². The van der Waals surface area contributed by atoms with E-state index in [9.17, 15) is 4.79 Å². The Morgan fingerprint density at radius 1 is 0.968 bits per heavy atom. The molecule has 4 aliphatic rings. The van der Waals surface area contributed by atoms with Crippen molar-refractivity contribution in [3.63, 3.8) is 0 Å². The van der Waals surface area contributed by atoms with E-state index in [1.54, 1.807) is 6.92 Å². The molecule has 0 amide bonds. The average molecular weight is 429 g/mol. The summed E-state index contributed by atoms with van der Waals surface area (Å²) in [4.78, 5) is 11.5. The van der Waals surface area contributed by atoms with Crippen LogP contribution < -0.4 is 0 Å². The second-order valence-electron chi connectivity index (χ2n) is 12.5. The molecule has 0 bridgehead atoms. The Bertz CT molecular complexity index is 682. The van der Waals surface area contributed by atoms with Crippen LogP contribution in [-0.4, -0.2) is 12.1 Å². The molecule has 10 atom stereocenters. The second-order valence-corrected chi connectivity index (χ2v) is 12.5. The van der Waals surface area contributed by atoms with Crippen LogP contribution in [0.1, 0.15) is 106 Å². The number of carbonyl (C=O) groups excluding carboxylic acids is 1. The van der Waals surface area contributed by atoms with Gasteiger partial charge in [-0.3, -0.25) is 4.79 Å². The van der Waals surface area contributed by atoms with Crippen molar-refractivity contribution in [1.29, 1.82) is 0 Å². The number of allylic oxidation sites excluding steroid dienone is 2. The zero-order chi connectivity index (χ0) is 22.4. The van der Waals surface area contributed by atoms with E-state index in [0.717, 1.165) is 42.4 Å². The molecule has 0 saturated heterocycles. The number of rotatable bonds is 5. The van der Waals surface area contributed by atoms with E-state index >= 15 is 0 Å². The molecule has 0 aromatic carbocycles. The van der Waals surface area contributed by atoms with Crippen LogP contribution in [0.3, 0.4) is 0 Å². The number of hydrogen-bond acceptors (Lipinski definition) is 2. The lowest BCUT2D eigenvalue weighted by atomic mass is 9.44. The van der Waals surface area contributed by atoms with E-state index in [1.807, 2.05) is 0 Å². The highest BCUT2D eigenvalue weighted by Gasteiger charge is 2.60. The van der Waals surface area contributed by atoms with Crippen molar-refractivity contribution in [2.24, 2.45) is 52.3 Å². The molecule has 0 aliphatic heterocycles. The lowest BCUT2D eigenvalue weighted by Gasteiger charge is -2.61. The van der Waals surface area contributed by atoms with E-state index in [0.29, 0.717) is 22.7 Å². The van der Waals surface area contributed by atoms with E-state index < -0.39 is 0 Å². The predicted molar refractivity (Wildman–Crippen MR) is 129 cm³/mol. The van der Waals surface area contributed by atoms with Crippen LogP contribution in [0.25, 0.3) is 0 Å². The molecule has 4 saturated carbocycles. The molecule has 0 N–H and O–H groups in total. The maximum atomic E-state index is 11.5. The van der Waals surface area contributed by atoms with Gasteiger partial charge in [0.05, 0.1) is 0 Å². The third kappa shape index (κ3) is 4.15. The quantitative estimate of drug-likeness (QED) is 0.329. The van der Waals surface area contributed by atoms with E-state index in [1.165, 1.54) is 51.4 Å². The molecule has 176 valence electrons. The molecule has 0 heterocycles. The van der Waals surface area contributed by atoms with Crippen molar-refractivity contribution in [3.05, 3.63) is 12.2 Å². The first kappa shape index (κ1) is 23.4. The van der Waals surface area contributed by atoms with Gasteiger partial charge in [-0.1, -0.05) is 53.2 Å². The third-order valence-corrected chi connectivity index (χ3v) is 11.0. The summed E-state index contributed by atoms with van der Waals surface area (Å²) in [7, 11) is 0. The van der Waals surface area contributed by atoms with Crippen molar-refractivity contribution in [2.75, 3.05) is 0 Å². The van der Waals surface area contributed by atoms with Gasteiger partial charge in [0.2, 0.25) is 0 Å². The Morgan fingerprint density at radius 3 is 2.39 bits per heavy atom. The molecule has 0 spiro atoms. The Labute approximate surface area is 192 Å². The number of ether oxygens (including phenoxy) is 1. The van der Waals surface area contributed by atoms with Crippen LogP contribution in [0.15, 0.2) is 12.2 Å². The smallest absolute Gasteiger partial charge is 0.302 e. The average Bonchev–Trinajstić information content (AvgIpc) is 3.09. The molecule has 31 heavy (non-hydrogen) atoms. The molecule has 0 radical (unpaired) electrons. The highest BCUT2D eigenvalue weighted by molar-refractivity contribution is 5.66. The zero-order valence-electron chi connectivity index (χ0n) is 21.2. The summed E-state index contributed by atoms with van der Waals surface area (Å²) in [6.45, 7) is 14.0. The summed E-state index contributed by atoms with van der Waals surface area (Å²) in [5.74, 6) is 5.71. The van der Waals surface area contributed by atoms with Crippen LogP contribution in [0, 0.1) is 52.3 Å². The highest BCUT2D eigenvalue weighted by Crippen LogP contribution is 2.68. The maximum Gasteiger partial charge on any atom is 0.302 e. The fourth-order valence-electron chi connectivity index (χ4n) is 9.10. The van der Waals surface area contributed by atoms with Crippen LogP contribution in [0.4, 0.5) is 0 Å². The lowest BCUT2D eigenvalue weighted by molar-refractivity contribution is -0.160. The third-order valence-electron chi connectivity index (χ3n) is 11.0. The SMILES string of the molecule is CC[C@H](C)/C=C\[C@H](C)[C@@H]1CC[C@@H]2[C@H]3CC[C@H]4C[C@@H](OC(C)=O)CC[C@]4(C)[C@H]3CC[C@]21C. The van der Waals surface area contributed by atoms with Gasteiger partial charge >= 0.3 is 5.97 Å². The largest absolute Gasteiger partial charge is 0.463 e. The minimum Gasteiger partial charge on any atom is -0.463 e. The van der Waals surface area contributed by atoms with Crippen molar-refractivity contribution >= 4 is 5.97 Å². The van der Waals surface area contributed by atoms with Crippen LogP contribution in [-0.2, 0) is 9.53 Å². The van der Waals surface area contributed by atoms with Gasteiger partial charge in [-0.05, 0) is 110 Å². The summed E-state index contributed by atoms with van der Waals surface area (Å²) in [6, 6.07) is 0. The highest BCUT2D eigenvalue weighted by atomic mass is 16.5. The Hall–Kier alpha value is -0.790. The number of hydrogen-bond donors (Lipinski definition) is 0. The minimum atomic E-state index is -0.0933. The molecule has 2 heteroatoms. The van der Waals surface area contributed by atoms with Gasteiger partial charge in [0.1, 0.15) is 6.10 Å². The predicted octanol–water partition coefficient (Wildman–Crippen LogP) is 7.82. The van der Waals surface area contributed by atoms with Gasteiger partial charge in [-0.15, -0.1) is 0 Å². The van der Waals surface area contributed by atoms with Gasteiger partial charge in [0.25, 0.3) is 0 Å². The van der Waals surface area contributed by atoms with Gasteiger partial charge < -0.3 is 4.74 Å². The number of carbonyl (C=O) groups is 1. The van der Waals surface area contributed by atoms with Crippen LogP contribution in [0.2, 0.25) is 0 Å². The number of fused-ring (bicyclic) bond motifs is 5. The fraction of sp³-hybridized carbons (Fsp3) is 0.897. The molecule has 2 nitrogen and oxygen atoms in total. The van der Waals surface area contributed by atoms with E-state index in [-0.39, 0.29) is 12.1 Å². The van der Waals surface area contributed by atoms with Crippen molar-refractivity contribution in [2.45, 2.75) is 112 Å². The molecule has 0 aromatic heterocycles. The standard InChI is InChI=1S/C29H48O2/c1-7-19(2)8-9-20(3)25-12-13-26-24-11-10-22-18-23(31-21(4)30)14-16-28(22,5)27(24)15-17-29(25,26)6/h8-9,19-20,22-27H,7,10-18H2,1-6H3/b9-8-/t19-,20-,22-,23-,24+,25-,26+,27-,28-,29-/m0/s1. The molecule has 4 rings (SSSR count). The first-order chi connectivity index (χ1) is 14.7. The Balaban J connectivity index is 1.47. The summed E-state index contributed by atoms with van der Waals surface area (Å²) in [5.41, 5.74) is 1.01. The van der Waals surface area contributed by atoms with Gasteiger partial charge in [0, 0.05) is 6.92 Å². The molecular formula is C29H48O2. The van der Waals surface area contributed by atoms with Gasteiger partial charge in [-0.2, -0.15) is 0 Å². The number of esters is 1. The second kappa shape index (κ2) is 8.86. The van der Waals surface area contributed by atoms with Crippen LogP contribution in [0.5, 0.6) is 0 Å². The molecule has 4 fully saturated rings. The van der Waals surface area contributed by atoms with Gasteiger partial charge in [0.15, 0.2) is 0 Å². The molecule has 0 aromatic rings. The van der Waals surface area contributed by atoms with E-state index in [2.05, 4.69) is 46.8 Å².